The van der Waals surface area contributed by atoms with Crippen LogP contribution in [-0.4, -0.2) is 0 Å². The molecule has 2 rings (SSSR count). The van der Waals surface area contributed by atoms with Gasteiger partial charge >= 0.3 is 0 Å². The molecule has 1 fully saturated rings. The quantitative estimate of drug-likeness (QED) is 0.694. The normalized spacial score (nSPS) is 25.3. The van der Waals surface area contributed by atoms with Crippen LogP contribution in [0.1, 0.15) is 43.6 Å². The number of rotatable bonds is 3. The number of benzene rings is 1. The summed E-state index contributed by atoms with van der Waals surface area (Å²) in [4.78, 5) is 0. The zero-order valence-corrected chi connectivity index (χ0v) is 9.91. The largest absolute Gasteiger partial charge is 0.216 e. The Morgan fingerprint density at radius 3 is 2.29 bits per heavy atom. The zero-order valence-electron chi connectivity index (χ0n) is 9.91. The van der Waals surface area contributed by atoms with Gasteiger partial charge in [0.2, 0.25) is 0 Å². The Kier molecular flexibility index (Phi) is 4.29. The summed E-state index contributed by atoms with van der Waals surface area (Å²) in [5.41, 5.74) is 1.24. The summed E-state index contributed by atoms with van der Waals surface area (Å²) in [6, 6.07) is 6.85. The van der Waals surface area contributed by atoms with Gasteiger partial charge in [-0.15, -0.1) is 0 Å². The molecule has 0 saturated heterocycles. The van der Waals surface area contributed by atoms with Crippen molar-refractivity contribution in [2.75, 3.05) is 0 Å². The number of allylic oxidation sites excluding steroid dienone is 1. The van der Waals surface area contributed by atoms with E-state index in [1.165, 1.54) is 17.7 Å². The van der Waals surface area contributed by atoms with E-state index in [-0.39, 0.29) is 5.82 Å². The van der Waals surface area contributed by atoms with Crippen LogP contribution in [0.2, 0.25) is 0 Å². The van der Waals surface area contributed by atoms with Crippen LogP contribution in [0.5, 0.6) is 0 Å². The van der Waals surface area contributed by atoms with Crippen molar-refractivity contribution in [3.05, 3.63) is 48.1 Å². The second-order valence-electron chi connectivity index (χ2n) is 4.87. The molecule has 0 amide bonds. The molecule has 0 heterocycles. The molecule has 92 valence electrons. The third kappa shape index (κ3) is 3.39. The van der Waals surface area contributed by atoms with Gasteiger partial charge in [0.15, 0.2) is 0 Å². The van der Waals surface area contributed by atoms with Crippen molar-refractivity contribution in [2.45, 2.75) is 38.0 Å². The fourth-order valence-corrected chi connectivity index (χ4v) is 2.71. The maximum Gasteiger partial charge on any atom is 0.123 e. The maximum absolute atomic E-state index is 12.8. The highest BCUT2D eigenvalue weighted by Crippen LogP contribution is 2.37. The highest BCUT2D eigenvalue weighted by atomic mass is 19.1. The highest BCUT2D eigenvalue weighted by molar-refractivity contribution is 5.20. The van der Waals surface area contributed by atoms with Crippen molar-refractivity contribution in [2.24, 2.45) is 5.92 Å². The molecule has 2 heteroatoms. The summed E-state index contributed by atoms with van der Waals surface area (Å²) >= 11 is 0. The molecular formula is C15H18F2. The van der Waals surface area contributed by atoms with E-state index in [0.29, 0.717) is 18.2 Å². The van der Waals surface area contributed by atoms with Crippen LogP contribution in [0.3, 0.4) is 0 Å². The van der Waals surface area contributed by atoms with Crippen molar-refractivity contribution in [1.82, 2.24) is 0 Å². The highest BCUT2D eigenvalue weighted by Gasteiger charge is 2.21. The third-order valence-electron chi connectivity index (χ3n) is 3.75. The van der Waals surface area contributed by atoms with Gasteiger partial charge in [-0.05, 0) is 61.6 Å². The molecule has 0 N–H and O–H groups in total. The van der Waals surface area contributed by atoms with Gasteiger partial charge in [-0.2, -0.15) is 0 Å². The van der Waals surface area contributed by atoms with Crippen LogP contribution in [0.25, 0.3) is 0 Å². The molecule has 0 atom stereocenters. The molecule has 0 nitrogen and oxygen atoms in total. The van der Waals surface area contributed by atoms with Crippen LogP contribution in [-0.2, 0) is 0 Å². The Balaban J connectivity index is 1.88. The lowest BCUT2D eigenvalue weighted by Crippen LogP contribution is -2.12. The summed E-state index contributed by atoms with van der Waals surface area (Å²) < 4.78 is 24.7. The van der Waals surface area contributed by atoms with Gasteiger partial charge in [0, 0.05) is 0 Å². The van der Waals surface area contributed by atoms with Crippen LogP contribution in [0.4, 0.5) is 8.78 Å². The Hall–Kier alpha value is -1.18. The molecule has 0 radical (unpaired) electrons. The molecule has 1 aliphatic carbocycles. The summed E-state index contributed by atoms with van der Waals surface area (Å²) in [6.07, 6.45) is 7.67. The van der Waals surface area contributed by atoms with E-state index in [4.69, 9.17) is 0 Å². The average Bonchev–Trinajstić information content (AvgIpc) is 2.38. The van der Waals surface area contributed by atoms with E-state index in [1.807, 2.05) is 12.1 Å². The molecule has 17 heavy (non-hydrogen) atoms. The molecule has 0 unspecified atom stereocenters. The van der Waals surface area contributed by atoms with Gasteiger partial charge in [-0.1, -0.05) is 18.2 Å². The topological polar surface area (TPSA) is 0 Å². The molecular weight excluding hydrogens is 218 g/mol. The van der Waals surface area contributed by atoms with E-state index in [2.05, 4.69) is 0 Å². The lowest BCUT2D eigenvalue weighted by Gasteiger charge is -2.28. The molecule has 1 aliphatic rings. The molecule has 1 aromatic carbocycles. The molecule has 0 aliphatic heterocycles. The van der Waals surface area contributed by atoms with E-state index in [0.717, 1.165) is 32.1 Å². The zero-order chi connectivity index (χ0) is 12.1. The first-order valence-corrected chi connectivity index (χ1v) is 6.30. The number of hydrogen-bond donors (Lipinski definition) is 0. The van der Waals surface area contributed by atoms with Gasteiger partial charge in [-0.25, -0.2) is 8.78 Å². The summed E-state index contributed by atoms with van der Waals surface area (Å²) in [5, 5.41) is 0. The molecule has 0 aromatic heterocycles. The van der Waals surface area contributed by atoms with Gasteiger partial charge in [0.05, 0.1) is 6.33 Å². The molecule has 1 saturated carbocycles. The first-order chi connectivity index (χ1) is 8.29. The van der Waals surface area contributed by atoms with Crippen LogP contribution in [0, 0.1) is 11.7 Å². The lowest BCUT2D eigenvalue weighted by molar-refractivity contribution is 0.327. The van der Waals surface area contributed by atoms with Crippen LogP contribution >= 0.6 is 0 Å². The first-order valence-electron chi connectivity index (χ1n) is 6.30. The van der Waals surface area contributed by atoms with Crippen LogP contribution < -0.4 is 0 Å². The smallest absolute Gasteiger partial charge is 0.123 e. The second kappa shape index (κ2) is 5.95. The SMILES string of the molecule is F/C=C/C[C@H]1CC[C@H](c2ccc(F)cc2)CC1. The van der Waals surface area contributed by atoms with Gasteiger partial charge in [0.1, 0.15) is 5.82 Å². The number of halogens is 2. The van der Waals surface area contributed by atoms with Crippen LogP contribution in [0.15, 0.2) is 36.7 Å². The minimum atomic E-state index is -0.171. The monoisotopic (exact) mass is 236 g/mol. The maximum atomic E-state index is 12.8. The number of hydrogen-bond acceptors (Lipinski definition) is 0. The first kappa shape index (κ1) is 12.3. The standard InChI is InChI=1S/C15H18F2/c16-11-1-2-12-3-5-13(6-4-12)14-7-9-15(17)10-8-14/h1,7-13H,2-6H2/b11-1+/t12-,13-. The Bertz CT molecular complexity index is 359. The summed E-state index contributed by atoms with van der Waals surface area (Å²) in [5.74, 6) is 1.01. The van der Waals surface area contributed by atoms with Crippen molar-refractivity contribution < 1.29 is 8.78 Å². The van der Waals surface area contributed by atoms with E-state index >= 15 is 0 Å². The van der Waals surface area contributed by atoms with Gasteiger partial charge in [0.25, 0.3) is 0 Å². The van der Waals surface area contributed by atoms with E-state index in [1.54, 1.807) is 6.08 Å². The van der Waals surface area contributed by atoms with E-state index < -0.39 is 0 Å². The van der Waals surface area contributed by atoms with Crippen molar-refractivity contribution in [1.29, 1.82) is 0 Å². The van der Waals surface area contributed by atoms with Crippen molar-refractivity contribution in [3.8, 4) is 0 Å². The molecule has 0 bridgehead atoms. The summed E-state index contributed by atoms with van der Waals surface area (Å²) in [7, 11) is 0. The Morgan fingerprint density at radius 2 is 1.71 bits per heavy atom. The van der Waals surface area contributed by atoms with Gasteiger partial charge < -0.3 is 0 Å². The van der Waals surface area contributed by atoms with Crippen molar-refractivity contribution >= 4 is 0 Å². The Labute approximate surface area is 101 Å². The van der Waals surface area contributed by atoms with E-state index in [9.17, 15) is 8.78 Å². The molecule has 0 spiro atoms. The third-order valence-corrected chi connectivity index (χ3v) is 3.75. The predicted octanol–water partition coefficient (Wildman–Crippen LogP) is 4.97. The lowest BCUT2D eigenvalue weighted by atomic mass is 9.77. The minimum Gasteiger partial charge on any atom is -0.216 e. The Morgan fingerprint density at radius 1 is 1.06 bits per heavy atom. The molecule has 1 aromatic rings. The van der Waals surface area contributed by atoms with Crippen molar-refractivity contribution in [3.63, 3.8) is 0 Å². The predicted molar refractivity (Wildman–Crippen MR) is 66.0 cm³/mol. The minimum absolute atomic E-state index is 0.171. The average molecular weight is 236 g/mol. The van der Waals surface area contributed by atoms with Gasteiger partial charge in [-0.3, -0.25) is 0 Å². The fraction of sp³-hybridized carbons (Fsp3) is 0.467. The fourth-order valence-electron chi connectivity index (χ4n) is 2.71. The second-order valence-corrected chi connectivity index (χ2v) is 4.87. The summed E-state index contributed by atoms with van der Waals surface area (Å²) in [6.45, 7) is 0.